The summed E-state index contributed by atoms with van der Waals surface area (Å²) in [5, 5.41) is 0. The Balaban J connectivity index is 2.77. The minimum Gasteiger partial charge on any atom is -0.323 e. The zero-order valence-electron chi connectivity index (χ0n) is 4.66. The quantitative estimate of drug-likeness (QED) is 0.616. The van der Waals surface area contributed by atoms with Crippen LogP contribution in [0.3, 0.4) is 0 Å². The van der Waals surface area contributed by atoms with Gasteiger partial charge in [-0.15, -0.1) is 11.3 Å². The van der Waals surface area contributed by atoms with E-state index in [1.807, 2.05) is 6.92 Å². The zero-order valence-corrected chi connectivity index (χ0v) is 5.48. The lowest BCUT2D eigenvalue weighted by molar-refractivity contribution is 0.835. The molecule has 8 heavy (non-hydrogen) atoms. The molecule has 1 heterocycles. The van der Waals surface area contributed by atoms with Crippen molar-refractivity contribution in [1.29, 1.82) is 0 Å². The molecule has 1 aromatic rings. The fraction of sp³-hybridized carbons (Fsp3) is 0.400. The van der Waals surface area contributed by atoms with E-state index in [0.717, 1.165) is 4.88 Å². The Labute approximate surface area is 52.4 Å². The smallest absolute Gasteiger partial charge is 0.0794 e. The molecule has 0 fully saturated rings. The van der Waals surface area contributed by atoms with Crippen LogP contribution in [-0.4, -0.2) is 4.98 Å². The average Bonchev–Trinajstić information content (AvgIpc) is 2.12. The number of hydrogen-bond acceptors (Lipinski definition) is 3. The third kappa shape index (κ3) is 1.05. The van der Waals surface area contributed by atoms with Crippen molar-refractivity contribution in [2.75, 3.05) is 0 Å². The Kier molecular flexibility index (Phi) is 1.60. The molecule has 0 aliphatic rings. The molecule has 2 nitrogen and oxygen atoms in total. The van der Waals surface area contributed by atoms with Crippen LogP contribution in [0, 0.1) is 0 Å². The van der Waals surface area contributed by atoms with Gasteiger partial charge in [-0.3, -0.25) is 4.98 Å². The highest BCUT2D eigenvalue weighted by Crippen LogP contribution is 2.12. The van der Waals surface area contributed by atoms with Gasteiger partial charge in [-0.25, -0.2) is 0 Å². The summed E-state index contributed by atoms with van der Waals surface area (Å²) in [5.41, 5.74) is 7.32. The lowest BCUT2D eigenvalue weighted by Crippen LogP contribution is -2.01. The van der Waals surface area contributed by atoms with E-state index in [1.54, 1.807) is 23.0 Å². The Morgan fingerprint density at radius 2 is 2.62 bits per heavy atom. The number of hydrogen-bond donors (Lipinski definition) is 1. The van der Waals surface area contributed by atoms with Crippen molar-refractivity contribution in [3.05, 3.63) is 16.6 Å². The summed E-state index contributed by atoms with van der Waals surface area (Å²) in [6.07, 6.45) is 1.80. The molecule has 0 amide bonds. The first-order valence-electron chi connectivity index (χ1n) is 2.44. The first-order valence-corrected chi connectivity index (χ1v) is 3.32. The van der Waals surface area contributed by atoms with E-state index in [-0.39, 0.29) is 6.04 Å². The Morgan fingerprint density at radius 3 is 2.88 bits per heavy atom. The fourth-order valence-electron chi connectivity index (χ4n) is 0.451. The molecule has 0 spiro atoms. The first-order chi connectivity index (χ1) is 3.80. The van der Waals surface area contributed by atoms with Gasteiger partial charge in [0.05, 0.1) is 5.51 Å². The molecule has 0 aliphatic heterocycles. The molecular weight excluding hydrogens is 120 g/mol. The van der Waals surface area contributed by atoms with Crippen LogP contribution < -0.4 is 5.73 Å². The molecule has 1 atom stereocenters. The zero-order chi connectivity index (χ0) is 5.98. The lowest BCUT2D eigenvalue weighted by atomic mass is 10.3. The maximum absolute atomic E-state index is 5.53. The van der Waals surface area contributed by atoms with E-state index in [2.05, 4.69) is 4.98 Å². The van der Waals surface area contributed by atoms with Crippen LogP contribution in [-0.2, 0) is 0 Å². The second-order valence-electron chi connectivity index (χ2n) is 1.69. The molecular formula is C5H8N2S. The standard InChI is InChI=1S/C5H8N2S/c1-4(6)5-2-7-3-8-5/h2-4H,6H2,1H3. The average molecular weight is 128 g/mol. The highest BCUT2D eigenvalue weighted by Gasteiger charge is 1.97. The van der Waals surface area contributed by atoms with Crippen molar-refractivity contribution in [2.45, 2.75) is 13.0 Å². The van der Waals surface area contributed by atoms with Crippen LogP contribution in [0.4, 0.5) is 0 Å². The summed E-state index contributed by atoms with van der Waals surface area (Å²) < 4.78 is 0. The molecule has 0 aromatic carbocycles. The van der Waals surface area contributed by atoms with Crippen LogP contribution in [0.25, 0.3) is 0 Å². The number of thiazole rings is 1. The number of aromatic nitrogens is 1. The van der Waals surface area contributed by atoms with Crippen LogP contribution in [0.5, 0.6) is 0 Å². The predicted octanol–water partition coefficient (Wildman–Crippen LogP) is 1.16. The molecule has 3 heteroatoms. The summed E-state index contributed by atoms with van der Waals surface area (Å²) in [7, 11) is 0. The lowest BCUT2D eigenvalue weighted by Gasteiger charge is -1.95. The fourth-order valence-corrected chi connectivity index (χ4v) is 1.03. The van der Waals surface area contributed by atoms with E-state index < -0.39 is 0 Å². The third-order valence-electron chi connectivity index (χ3n) is 0.900. The van der Waals surface area contributed by atoms with Gasteiger partial charge in [-0.05, 0) is 6.92 Å². The molecule has 1 unspecified atom stereocenters. The third-order valence-corrected chi connectivity index (χ3v) is 1.88. The van der Waals surface area contributed by atoms with Gasteiger partial charge in [-0.1, -0.05) is 0 Å². The second-order valence-corrected chi connectivity index (χ2v) is 2.61. The van der Waals surface area contributed by atoms with Crippen LogP contribution in [0.15, 0.2) is 11.7 Å². The van der Waals surface area contributed by atoms with Gasteiger partial charge in [0.2, 0.25) is 0 Å². The van der Waals surface area contributed by atoms with E-state index in [9.17, 15) is 0 Å². The van der Waals surface area contributed by atoms with Crippen molar-refractivity contribution in [2.24, 2.45) is 5.73 Å². The predicted molar refractivity (Wildman–Crippen MR) is 34.7 cm³/mol. The van der Waals surface area contributed by atoms with Crippen molar-refractivity contribution in [3.8, 4) is 0 Å². The SMILES string of the molecule is CC(N)c1cncs1. The number of nitrogens with two attached hydrogens (primary N) is 1. The van der Waals surface area contributed by atoms with Crippen LogP contribution in [0.1, 0.15) is 17.8 Å². The van der Waals surface area contributed by atoms with Gasteiger partial charge in [0.1, 0.15) is 0 Å². The van der Waals surface area contributed by atoms with E-state index in [0.29, 0.717) is 0 Å². The maximum atomic E-state index is 5.53. The second kappa shape index (κ2) is 2.24. The highest BCUT2D eigenvalue weighted by atomic mass is 32.1. The van der Waals surface area contributed by atoms with Crippen molar-refractivity contribution >= 4 is 11.3 Å². The topological polar surface area (TPSA) is 38.9 Å². The summed E-state index contributed by atoms with van der Waals surface area (Å²) in [6.45, 7) is 1.95. The largest absolute Gasteiger partial charge is 0.323 e. The number of nitrogens with zero attached hydrogens (tertiary/aromatic N) is 1. The molecule has 1 aromatic heterocycles. The van der Waals surface area contributed by atoms with Crippen molar-refractivity contribution < 1.29 is 0 Å². The molecule has 44 valence electrons. The number of rotatable bonds is 1. The summed E-state index contributed by atoms with van der Waals surface area (Å²) in [4.78, 5) is 5.03. The van der Waals surface area contributed by atoms with Crippen LogP contribution in [0.2, 0.25) is 0 Å². The maximum Gasteiger partial charge on any atom is 0.0794 e. The van der Waals surface area contributed by atoms with Gasteiger partial charge >= 0.3 is 0 Å². The minimum atomic E-state index is 0.141. The minimum absolute atomic E-state index is 0.141. The normalized spacial score (nSPS) is 13.8. The molecule has 1 rings (SSSR count). The highest BCUT2D eigenvalue weighted by molar-refractivity contribution is 7.09. The summed E-state index contributed by atoms with van der Waals surface area (Å²) in [5.74, 6) is 0. The molecule has 0 radical (unpaired) electrons. The summed E-state index contributed by atoms with van der Waals surface area (Å²) in [6, 6.07) is 0.141. The van der Waals surface area contributed by atoms with Gasteiger partial charge in [0.15, 0.2) is 0 Å². The van der Waals surface area contributed by atoms with E-state index in [1.165, 1.54) is 0 Å². The molecule has 0 bridgehead atoms. The van der Waals surface area contributed by atoms with Crippen molar-refractivity contribution in [1.82, 2.24) is 4.98 Å². The van der Waals surface area contributed by atoms with Gasteiger partial charge < -0.3 is 5.73 Å². The Bertz CT molecular complexity index is 145. The van der Waals surface area contributed by atoms with Gasteiger partial charge in [0.25, 0.3) is 0 Å². The first kappa shape index (κ1) is 5.72. The molecule has 2 N–H and O–H groups in total. The van der Waals surface area contributed by atoms with Gasteiger partial charge in [-0.2, -0.15) is 0 Å². The summed E-state index contributed by atoms with van der Waals surface area (Å²) >= 11 is 1.59. The Morgan fingerprint density at radius 1 is 1.88 bits per heavy atom. The molecule has 0 aliphatic carbocycles. The van der Waals surface area contributed by atoms with Gasteiger partial charge in [0, 0.05) is 17.1 Å². The van der Waals surface area contributed by atoms with E-state index >= 15 is 0 Å². The Hall–Kier alpha value is -0.410. The van der Waals surface area contributed by atoms with Crippen LogP contribution >= 0.6 is 11.3 Å². The van der Waals surface area contributed by atoms with E-state index in [4.69, 9.17) is 5.73 Å². The van der Waals surface area contributed by atoms with Crippen molar-refractivity contribution in [3.63, 3.8) is 0 Å². The monoisotopic (exact) mass is 128 g/mol. The molecule has 0 saturated carbocycles. The molecule has 0 saturated heterocycles.